The van der Waals surface area contributed by atoms with Crippen LogP contribution >= 0.6 is 11.3 Å². The van der Waals surface area contributed by atoms with Gasteiger partial charge in [-0.25, -0.2) is 4.79 Å². The van der Waals surface area contributed by atoms with Crippen molar-refractivity contribution in [3.8, 4) is 0 Å². The average Bonchev–Trinajstić information content (AvgIpc) is 3.42. The maximum atomic E-state index is 13.2. The van der Waals surface area contributed by atoms with Gasteiger partial charge in [0, 0.05) is 26.2 Å². The summed E-state index contributed by atoms with van der Waals surface area (Å²) in [6.07, 6.45) is 0. The first-order valence-corrected chi connectivity index (χ1v) is 12.2. The predicted molar refractivity (Wildman–Crippen MR) is 130 cm³/mol. The molecule has 1 aromatic heterocycles. The lowest BCUT2D eigenvalue weighted by Crippen LogP contribution is -2.53. The summed E-state index contributed by atoms with van der Waals surface area (Å²) in [5.41, 5.74) is 0.550. The number of amides is 5. The van der Waals surface area contributed by atoms with Crippen LogP contribution < -0.4 is 5.32 Å². The van der Waals surface area contributed by atoms with Crippen LogP contribution in [0.25, 0.3) is 0 Å². The quantitative estimate of drug-likeness (QED) is 0.679. The summed E-state index contributed by atoms with van der Waals surface area (Å²) in [6, 6.07) is 10.7. The molecule has 2 aliphatic heterocycles. The van der Waals surface area contributed by atoms with E-state index in [9.17, 15) is 19.2 Å². The Morgan fingerprint density at radius 3 is 2.18 bits per heavy atom. The van der Waals surface area contributed by atoms with Crippen LogP contribution in [0.15, 0.2) is 41.8 Å². The standard InChI is InChI=1S/C25H30N4O4S/c1-24(2,3)17-7-9-18(10-8-17)25(4)22(32)29(23(33)26-25)16-20(30)27-11-13-28(14-12-27)21(31)19-6-5-15-34-19/h5-10,15H,11-14,16H2,1-4H3,(H,26,33). The molecule has 4 rings (SSSR count). The molecule has 0 radical (unpaired) electrons. The molecule has 180 valence electrons. The van der Waals surface area contributed by atoms with Gasteiger partial charge in [-0.05, 0) is 34.9 Å². The second-order valence-corrected chi connectivity index (χ2v) is 10.9. The summed E-state index contributed by atoms with van der Waals surface area (Å²) in [4.78, 5) is 56.3. The Bertz CT molecular complexity index is 1100. The van der Waals surface area contributed by atoms with Gasteiger partial charge in [-0.2, -0.15) is 0 Å². The average molecular weight is 483 g/mol. The summed E-state index contributed by atoms with van der Waals surface area (Å²) < 4.78 is 0. The van der Waals surface area contributed by atoms with Gasteiger partial charge in [0.05, 0.1) is 4.88 Å². The second-order valence-electron chi connectivity index (χ2n) is 9.92. The molecule has 2 saturated heterocycles. The van der Waals surface area contributed by atoms with E-state index >= 15 is 0 Å². The van der Waals surface area contributed by atoms with Gasteiger partial charge in [-0.3, -0.25) is 19.3 Å². The second kappa shape index (κ2) is 8.87. The number of carbonyl (C=O) groups is 4. The molecule has 2 fully saturated rings. The summed E-state index contributed by atoms with van der Waals surface area (Å²) >= 11 is 1.39. The molecule has 9 heteroatoms. The van der Waals surface area contributed by atoms with Crippen LogP contribution in [0.1, 0.15) is 48.5 Å². The molecule has 5 amide bonds. The van der Waals surface area contributed by atoms with E-state index in [4.69, 9.17) is 0 Å². The molecule has 1 N–H and O–H groups in total. The van der Waals surface area contributed by atoms with E-state index in [0.29, 0.717) is 36.6 Å². The van der Waals surface area contributed by atoms with Gasteiger partial charge in [0.25, 0.3) is 11.8 Å². The van der Waals surface area contributed by atoms with E-state index < -0.39 is 17.5 Å². The fourth-order valence-electron chi connectivity index (χ4n) is 4.29. The van der Waals surface area contributed by atoms with Gasteiger partial charge in [-0.15, -0.1) is 11.3 Å². The lowest BCUT2D eigenvalue weighted by Gasteiger charge is -2.35. The molecular formula is C25H30N4O4S. The van der Waals surface area contributed by atoms with Gasteiger partial charge < -0.3 is 15.1 Å². The Hall–Kier alpha value is -3.20. The third kappa shape index (κ3) is 4.44. The molecule has 1 aromatic carbocycles. The molecule has 3 heterocycles. The number of piperazine rings is 1. The summed E-state index contributed by atoms with van der Waals surface area (Å²) in [5.74, 6) is -0.788. The molecule has 2 aromatic rings. The van der Waals surface area contributed by atoms with Crippen LogP contribution in [-0.4, -0.2) is 71.2 Å². The Labute approximate surface area is 203 Å². The van der Waals surface area contributed by atoms with Crippen molar-refractivity contribution in [1.82, 2.24) is 20.0 Å². The van der Waals surface area contributed by atoms with Crippen molar-refractivity contribution in [3.63, 3.8) is 0 Å². The van der Waals surface area contributed by atoms with Gasteiger partial charge in [0.1, 0.15) is 12.1 Å². The largest absolute Gasteiger partial charge is 0.338 e. The van der Waals surface area contributed by atoms with E-state index in [1.807, 2.05) is 35.7 Å². The highest BCUT2D eigenvalue weighted by molar-refractivity contribution is 7.12. The molecular weight excluding hydrogens is 452 g/mol. The van der Waals surface area contributed by atoms with Crippen molar-refractivity contribution in [1.29, 1.82) is 0 Å². The minimum atomic E-state index is -1.22. The van der Waals surface area contributed by atoms with E-state index in [0.717, 1.165) is 10.5 Å². The number of thiophene rings is 1. The number of nitrogens with one attached hydrogen (secondary N) is 1. The SMILES string of the molecule is CC(C)(C)c1ccc(C2(C)NC(=O)N(CC(=O)N3CCN(C(=O)c4cccs4)CC3)C2=O)cc1. The van der Waals surface area contributed by atoms with Crippen molar-refractivity contribution < 1.29 is 19.2 Å². The van der Waals surface area contributed by atoms with E-state index in [-0.39, 0.29) is 23.8 Å². The fourth-order valence-corrected chi connectivity index (χ4v) is 4.98. The maximum Gasteiger partial charge on any atom is 0.325 e. The van der Waals surface area contributed by atoms with Crippen molar-refractivity contribution >= 4 is 35.1 Å². The smallest absolute Gasteiger partial charge is 0.325 e. The number of rotatable bonds is 4. The third-order valence-corrected chi connectivity index (χ3v) is 7.41. The third-order valence-electron chi connectivity index (χ3n) is 6.55. The molecule has 8 nitrogen and oxygen atoms in total. The lowest BCUT2D eigenvalue weighted by molar-refractivity contribution is -0.139. The van der Waals surface area contributed by atoms with Crippen molar-refractivity contribution in [2.45, 2.75) is 38.6 Å². The minimum absolute atomic E-state index is 0.0285. The van der Waals surface area contributed by atoms with Crippen LogP contribution in [0.2, 0.25) is 0 Å². The zero-order valence-corrected chi connectivity index (χ0v) is 20.8. The van der Waals surface area contributed by atoms with Gasteiger partial charge in [0.15, 0.2) is 0 Å². The molecule has 0 bridgehead atoms. The Morgan fingerprint density at radius 2 is 1.62 bits per heavy atom. The highest BCUT2D eigenvalue weighted by Crippen LogP contribution is 2.31. The first-order valence-electron chi connectivity index (χ1n) is 11.4. The van der Waals surface area contributed by atoms with E-state index in [1.165, 1.54) is 11.3 Å². The van der Waals surface area contributed by atoms with Gasteiger partial charge >= 0.3 is 6.03 Å². The molecule has 1 atom stereocenters. The number of benzene rings is 1. The lowest BCUT2D eigenvalue weighted by atomic mass is 9.84. The zero-order valence-electron chi connectivity index (χ0n) is 20.0. The Kier molecular flexibility index (Phi) is 6.24. The Balaban J connectivity index is 1.39. The monoisotopic (exact) mass is 482 g/mol. The first-order chi connectivity index (χ1) is 16.0. The van der Waals surface area contributed by atoms with Crippen LogP contribution in [0.4, 0.5) is 4.79 Å². The first kappa shape index (κ1) is 23.9. The molecule has 0 aliphatic carbocycles. The van der Waals surface area contributed by atoms with Gasteiger partial charge in [0.2, 0.25) is 5.91 Å². The van der Waals surface area contributed by atoms with Crippen LogP contribution in [0.5, 0.6) is 0 Å². The van der Waals surface area contributed by atoms with E-state index in [1.54, 1.807) is 22.8 Å². The van der Waals surface area contributed by atoms with Crippen LogP contribution in [-0.2, 0) is 20.5 Å². The van der Waals surface area contributed by atoms with E-state index in [2.05, 4.69) is 26.1 Å². The number of hydrogen-bond acceptors (Lipinski definition) is 5. The number of urea groups is 1. The molecule has 0 saturated carbocycles. The van der Waals surface area contributed by atoms with Crippen LogP contribution in [0.3, 0.4) is 0 Å². The highest BCUT2D eigenvalue weighted by atomic mass is 32.1. The topological polar surface area (TPSA) is 90.0 Å². The van der Waals surface area contributed by atoms with Gasteiger partial charge in [-0.1, -0.05) is 51.1 Å². The van der Waals surface area contributed by atoms with Crippen molar-refractivity contribution in [3.05, 3.63) is 57.8 Å². The predicted octanol–water partition coefficient (Wildman–Crippen LogP) is 2.80. The van der Waals surface area contributed by atoms with Crippen molar-refractivity contribution in [2.75, 3.05) is 32.7 Å². The number of imide groups is 1. The maximum absolute atomic E-state index is 13.2. The number of carbonyl (C=O) groups excluding carboxylic acids is 4. The molecule has 1 unspecified atom stereocenters. The zero-order chi connectivity index (χ0) is 24.7. The number of hydrogen-bond donors (Lipinski definition) is 1. The van der Waals surface area contributed by atoms with Crippen LogP contribution in [0, 0.1) is 0 Å². The molecule has 34 heavy (non-hydrogen) atoms. The minimum Gasteiger partial charge on any atom is -0.338 e. The normalized spacial score (nSPS) is 21.1. The number of nitrogens with zero attached hydrogens (tertiary/aromatic N) is 3. The fraction of sp³-hybridized carbons (Fsp3) is 0.440. The summed E-state index contributed by atoms with van der Waals surface area (Å²) in [7, 11) is 0. The van der Waals surface area contributed by atoms with Crippen molar-refractivity contribution in [2.24, 2.45) is 0 Å². The molecule has 0 spiro atoms. The molecule has 2 aliphatic rings. The summed E-state index contributed by atoms with van der Waals surface area (Å²) in [5, 5.41) is 4.62. The summed E-state index contributed by atoms with van der Waals surface area (Å²) in [6.45, 7) is 9.24. The highest BCUT2D eigenvalue weighted by Gasteiger charge is 2.49. The Morgan fingerprint density at radius 1 is 1.00 bits per heavy atom.